The molecule has 2 rings (SSSR count). The monoisotopic (exact) mass is 432 g/mol. The minimum atomic E-state index is 0. The second-order valence-electron chi connectivity index (χ2n) is 5.95. The largest absolute Gasteiger partial charge is 0.493 e. The van der Waals surface area contributed by atoms with Gasteiger partial charge in [-0.2, -0.15) is 0 Å². The molecule has 6 heteroatoms. The van der Waals surface area contributed by atoms with E-state index in [9.17, 15) is 0 Å². The zero-order valence-corrected chi connectivity index (χ0v) is 16.8. The van der Waals surface area contributed by atoms with Crippen LogP contribution in [0.25, 0.3) is 0 Å². The second kappa shape index (κ2) is 9.97. The minimum Gasteiger partial charge on any atom is -0.493 e. The van der Waals surface area contributed by atoms with Crippen LogP contribution in [-0.2, 0) is 0 Å². The van der Waals surface area contributed by atoms with E-state index in [4.69, 9.17) is 4.74 Å². The summed E-state index contributed by atoms with van der Waals surface area (Å²) in [6.07, 6.45) is 0.948. The van der Waals surface area contributed by atoms with Crippen molar-refractivity contribution in [3.63, 3.8) is 0 Å². The Morgan fingerprint density at radius 2 is 2.13 bits per heavy atom. The molecule has 1 aromatic rings. The highest BCUT2D eigenvalue weighted by atomic mass is 127. The number of guanidine groups is 1. The lowest BCUT2D eigenvalue weighted by molar-refractivity contribution is 0.260. The summed E-state index contributed by atoms with van der Waals surface area (Å²) in [5, 5.41) is 6.89. The van der Waals surface area contributed by atoms with Crippen molar-refractivity contribution < 1.29 is 4.74 Å². The van der Waals surface area contributed by atoms with Gasteiger partial charge in [0.05, 0.1) is 12.6 Å². The third-order valence-corrected chi connectivity index (χ3v) is 4.13. The first-order chi connectivity index (χ1) is 10.6. The number of nitrogens with one attached hydrogen (secondary N) is 2. The number of halogens is 1. The average molecular weight is 432 g/mol. The summed E-state index contributed by atoms with van der Waals surface area (Å²) in [4.78, 5) is 6.64. The molecule has 1 atom stereocenters. The Labute approximate surface area is 156 Å². The first kappa shape index (κ1) is 20.0. The first-order valence-electron chi connectivity index (χ1n) is 8.01. The molecule has 1 unspecified atom stereocenters. The molecule has 1 heterocycles. The number of benzene rings is 1. The van der Waals surface area contributed by atoms with Crippen LogP contribution in [0.15, 0.2) is 29.3 Å². The van der Waals surface area contributed by atoms with Gasteiger partial charge in [-0.15, -0.1) is 24.0 Å². The van der Waals surface area contributed by atoms with Crippen molar-refractivity contribution in [3.05, 3.63) is 29.8 Å². The van der Waals surface area contributed by atoms with Gasteiger partial charge in [-0.3, -0.25) is 4.99 Å². The number of hydrogen-bond donors (Lipinski definition) is 2. The van der Waals surface area contributed by atoms with E-state index >= 15 is 0 Å². The minimum absolute atomic E-state index is 0. The van der Waals surface area contributed by atoms with E-state index in [1.54, 1.807) is 0 Å². The smallest absolute Gasteiger partial charge is 0.191 e. The summed E-state index contributed by atoms with van der Waals surface area (Å²) < 4.78 is 5.70. The molecule has 2 N–H and O–H groups in total. The molecule has 0 radical (unpaired) electrons. The fourth-order valence-electron chi connectivity index (χ4n) is 2.46. The quantitative estimate of drug-likeness (QED) is 0.427. The Morgan fingerprint density at radius 3 is 2.83 bits per heavy atom. The molecular formula is C17H29IN4O. The highest BCUT2D eigenvalue weighted by molar-refractivity contribution is 14.0. The summed E-state index contributed by atoms with van der Waals surface area (Å²) in [6.45, 7) is 7.00. The van der Waals surface area contributed by atoms with Crippen LogP contribution in [0, 0.1) is 0 Å². The molecule has 1 aliphatic rings. The van der Waals surface area contributed by atoms with Gasteiger partial charge in [0, 0.05) is 38.2 Å². The molecule has 0 aliphatic carbocycles. The van der Waals surface area contributed by atoms with Gasteiger partial charge in [-0.1, -0.05) is 18.2 Å². The predicted molar refractivity (Wildman–Crippen MR) is 107 cm³/mol. The maximum Gasteiger partial charge on any atom is 0.191 e. The van der Waals surface area contributed by atoms with Crippen LogP contribution in [-0.4, -0.2) is 50.7 Å². The average Bonchev–Trinajstić information content (AvgIpc) is 2.53. The van der Waals surface area contributed by atoms with Gasteiger partial charge in [-0.25, -0.2) is 0 Å². The third kappa shape index (κ3) is 5.84. The van der Waals surface area contributed by atoms with Gasteiger partial charge in [0.1, 0.15) is 5.75 Å². The SMILES string of the molecule is CN=C(NCCN(C)C(C)C)NC1CCOc2ccccc21.I. The third-order valence-electron chi connectivity index (χ3n) is 4.13. The topological polar surface area (TPSA) is 48.9 Å². The van der Waals surface area contributed by atoms with Gasteiger partial charge in [-0.05, 0) is 27.0 Å². The Kier molecular flexibility index (Phi) is 8.68. The molecular weight excluding hydrogens is 403 g/mol. The molecule has 0 spiro atoms. The zero-order valence-electron chi connectivity index (χ0n) is 14.5. The molecule has 1 aliphatic heterocycles. The van der Waals surface area contributed by atoms with Crippen LogP contribution in [0.3, 0.4) is 0 Å². The molecule has 0 aromatic heterocycles. The summed E-state index contributed by atoms with van der Waals surface area (Å²) in [6, 6.07) is 9.01. The summed E-state index contributed by atoms with van der Waals surface area (Å²) >= 11 is 0. The second-order valence-corrected chi connectivity index (χ2v) is 5.95. The molecule has 130 valence electrons. The summed E-state index contributed by atoms with van der Waals surface area (Å²) in [7, 11) is 3.95. The number of likely N-dealkylation sites (N-methyl/N-ethyl adjacent to an activating group) is 1. The van der Waals surface area contributed by atoms with Crippen molar-refractivity contribution in [2.45, 2.75) is 32.4 Å². The number of nitrogens with zero attached hydrogens (tertiary/aromatic N) is 2. The number of hydrogen-bond acceptors (Lipinski definition) is 3. The highest BCUT2D eigenvalue weighted by Gasteiger charge is 2.21. The maximum absolute atomic E-state index is 5.70. The highest BCUT2D eigenvalue weighted by Crippen LogP contribution is 2.31. The van der Waals surface area contributed by atoms with Crippen LogP contribution in [0.2, 0.25) is 0 Å². The van der Waals surface area contributed by atoms with Gasteiger partial charge in [0.2, 0.25) is 0 Å². The number of fused-ring (bicyclic) bond motifs is 1. The van der Waals surface area contributed by atoms with Crippen molar-refractivity contribution in [2.75, 3.05) is 33.8 Å². The Bertz CT molecular complexity index is 507. The lowest BCUT2D eigenvalue weighted by Gasteiger charge is -2.28. The van der Waals surface area contributed by atoms with Crippen molar-refractivity contribution in [1.82, 2.24) is 15.5 Å². The number of aliphatic imine (C=N–C) groups is 1. The standard InChI is InChI=1S/C17H28N4O.HI/c1-13(2)21(4)11-10-19-17(18-3)20-15-9-12-22-16-8-6-5-7-14(15)16;/h5-8,13,15H,9-12H2,1-4H3,(H2,18,19,20);1H. The van der Waals surface area contributed by atoms with Gasteiger partial charge in [0.15, 0.2) is 5.96 Å². The number of ether oxygens (including phenoxy) is 1. The summed E-state index contributed by atoms with van der Waals surface area (Å²) in [5.74, 6) is 1.82. The van der Waals surface area contributed by atoms with E-state index in [-0.39, 0.29) is 30.0 Å². The zero-order chi connectivity index (χ0) is 15.9. The molecule has 0 amide bonds. The number of para-hydroxylation sites is 1. The van der Waals surface area contributed by atoms with E-state index in [0.717, 1.165) is 37.8 Å². The molecule has 0 fully saturated rings. The summed E-state index contributed by atoms with van der Waals surface area (Å²) in [5.41, 5.74) is 1.20. The fourth-order valence-corrected chi connectivity index (χ4v) is 2.46. The van der Waals surface area contributed by atoms with Gasteiger partial charge < -0.3 is 20.3 Å². The van der Waals surface area contributed by atoms with E-state index < -0.39 is 0 Å². The molecule has 5 nitrogen and oxygen atoms in total. The van der Waals surface area contributed by atoms with Crippen LogP contribution in [0.5, 0.6) is 5.75 Å². The Hall–Kier alpha value is -1.02. The Morgan fingerprint density at radius 1 is 1.39 bits per heavy atom. The number of rotatable bonds is 5. The maximum atomic E-state index is 5.70. The molecule has 1 aromatic carbocycles. The lowest BCUT2D eigenvalue weighted by atomic mass is 10.0. The van der Waals surface area contributed by atoms with E-state index in [1.807, 2.05) is 19.2 Å². The van der Waals surface area contributed by atoms with E-state index in [2.05, 4.69) is 53.6 Å². The van der Waals surface area contributed by atoms with Crippen molar-refractivity contribution >= 4 is 29.9 Å². The van der Waals surface area contributed by atoms with Gasteiger partial charge in [0.25, 0.3) is 0 Å². The van der Waals surface area contributed by atoms with E-state index in [1.165, 1.54) is 5.56 Å². The van der Waals surface area contributed by atoms with Gasteiger partial charge >= 0.3 is 0 Å². The molecule has 0 saturated heterocycles. The van der Waals surface area contributed by atoms with E-state index in [0.29, 0.717) is 6.04 Å². The fraction of sp³-hybridized carbons (Fsp3) is 0.588. The molecule has 23 heavy (non-hydrogen) atoms. The van der Waals surface area contributed by atoms with Crippen LogP contribution < -0.4 is 15.4 Å². The van der Waals surface area contributed by atoms with Crippen LogP contribution in [0.4, 0.5) is 0 Å². The van der Waals surface area contributed by atoms with Crippen molar-refractivity contribution in [3.8, 4) is 5.75 Å². The van der Waals surface area contributed by atoms with Crippen molar-refractivity contribution in [2.24, 2.45) is 4.99 Å². The van der Waals surface area contributed by atoms with Crippen LogP contribution in [0.1, 0.15) is 31.9 Å². The molecule has 0 saturated carbocycles. The van der Waals surface area contributed by atoms with Crippen LogP contribution >= 0.6 is 24.0 Å². The first-order valence-corrected chi connectivity index (χ1v) is 8.01. The Balaban J connectivity index is 0.00000264. The molecule has 0 bridgehead atoms. The van der Waals surface area contributed by atoms with Crippen molar-refractivity contribution in [1.29, 1.82) is 0 Å². The lowest BCUT2D eigenvalue weighted by Crippen LogP contribution is -2.44. The normalized spacial score (nSPS) is 17.3. The predicted octanol–water partition coefficient (Wildman–Crippen LogP) is 2.63.